The average molecular weight is 429 g/mol. The molecule has 0 atom stereocenters. The lowest BCUT2D eigenvalue weighted by Crippen LogP contribution is -2.48. The molecule has 0 unspecified atom stereocenters. The van der Waals surface area contributed by atoms with Crippen LogP contribution in [0, 0.1) is 5.41 Å². The summed E-state index contributed by atoms with van der Waals surface area (Å²) in [4.78, 5) is 28.4. The number of guanidine groups is 1. The van der Waals surface area contributed by atoms with Gasteiger partial charge in [-0.25, -0.2) is 0 Å². The third-order valence-corrected chi connectivity index (χ3v) is 4.82. The van der Waals surface area contributed by atoms with E-state index in [1.54, 1.807) is 0 Å². The minimum atomic E-state index is -0.519. The van der Waals surface area contributed by atoms with Gasteiger partial charge >= 0.3 is 0 Å². The first-order valence-electron chi connectivity index (χ1n) is 10.7. The molecule has 1 fully saturated rings. The maximum atomic E-state index is 11.9. The van der Waals surface area contributed by atoms with Gasteiger partial charge in [0, 0.05) is 71.7 Å². The van der Waals surface area contributed by atoms with E-state index in [2.05, 4.69) is 31.1 Å². The van der Waals surface area contributed by atoms with Gasteiger partial charge in [-0.15, -0.1) is 0 Å². The Labute approximate surface area is 179 Å². The maximum absolute atomic E-state index is 11.9. The number of nitrogens with one attached hydrogen (secondary N) is 5. The highest BCUT2D eigenvalue weighted by atomic mass is 16.2. The summed E-state index contributed by atoms with van der Waals surface area (Å²) >= 11 is 0. The molecule has 11 N–H and O–H groups in total. The molecular formula is C18H40N10O2. The van der Waals surface area contributed by atoms with E-state index < -0.39 is 6.29 Å². The van der Waals surface area contributed by atoms with Crippen LogP contribution in [0.2, 0.25) is 0 Å². The van der Waals surface area contributed by atoms with Crippen LogP contribution in [0.1, 0.15) is 25.7 Å². The maximum Gasteiger partial charge on any atom is 0.221 e. The summed E-state index contributed by atoms with van der Waals surface area (Å²) in [5.41, 5.74) is 16.0. The van der Waals surface area contributed by atoms with E-state index in [9.17, 15) is 9.59 Å². The van der Waals surface area contributed by atoms with Crippen LogP contribution in [0.3, 0.4) is 0 Å². The molecule has 1 aliphatic rings. The van der Waals surface area contributed by atoms with Crippen LogP contribution in [-0.2, 0) is 9.59 Å². The van der Waals surface area contributed by atoms with Crippen molar-refractivity contribution < 1.29 is 9.59 Å². The number of nitrogens with zero attached hydrogens (tertiary/aromatic N) is 2. The first-order chi connectivity index (χ1) is 14.4. The Morgan fingerprint density at radius 3 is 1.67 bits per heavy atom. The Kier molecular flexibility index (Phi) is 13.7. The molecule has 0 aliphatic carbocycles. The van der Waals surface area contributed by atoms with Crippen molar-refractivity contribution in [3.05, 3.63) is 0 Å². The van der Waals surface area contributed by atoms with E-state index in [1.165, 1.54) is 0 Å². The number of hydrogen-bond donors (Lipinski definition) is 8. The molecule has 2 amide bonds. The van der Waals surface area contributed by atoms with Gasteiger partial charge in [0.2, 0.25) is 11.8 Å². The Morgan fingerprint density at radius 2 is 1.23 bits per heavy atom. The van der Waals surface area contributed by atoms with Gasteiger partial charge in [0.25, 0.3) is 0 Å². The van der Waals surface area contributed by atoms with Crippen LogP contribution < -0.4 is 38.5 Å². The molecule has 0 saturated carbocycles. The molecule has 0 radical (unpaired) electrons. The normalized spacial score (nSPS) is 15.2. The number of hydrogen-bond acceptors (Lipinski definition) is 8. The number of amides is 2. The van der Waals surface area contributed by atoms with Crippen molar-refractivity contribution >= 4 is 17.8 Å². The number of rotatable bonds is 15. The van der Waals surface area contributed by atoms with Crippen LogP contribution in [0.4, 0.5) is 0 Å². The molecule has 0 aromatic heterocycles. The molecule has 12 heteroatoms. The zero-order valence-corrected chi connectivity index (χ0v) is 17.9. The van der Waals surface area contributed by atoms with Gasteiger partial charge < -0.3 is 43.0 Å². The molecule has 12 nitrogen and oxygen atoms in total. The molecule has 1 heterocycles. The number of piperazine rings is 1. The zero-order chi connectivity index (χ0) is 22.2. The van der Waals surface area contributed by atoms with E-state index in [4.69, 9.17) is 22.6 Å². The number of nitrogens with two attached hydrogens (primary N) is 3. The molecule has 1 saturated heterocycles. The minimum absolute atomic E-state index is 0.0422. The lowest BCUT2D eigenvalue weighted by molar-refractivity contribution is -0.122. The zero-order valence-electron chi connectivity index (χ0n) is 17.9. The molecule has 174 valence electrons. The van der Waals surface area contributed by atoms with Gasteiger partial charge in [0.05, 0.1) is 0 Å². The van der Waals surface area contributed by atoms with Gasteiger partial charge in [-0.2, -0.15) is 0 Å². The summed E-state index contributed by atoms with van der Waals surface area (Å²) in [5.74, 6) is 0.0489. The summed E-state index contributed by atoms with van der Waals surface area (Å²) in [6.07, 6.45) is 1.97. The fourth-order valence-electron chi connectivity index (χ4n) is 3.06. The van der Waals surface area contributed by atoms with E-state index in [1.807, 2.05) is 0 Å². The van der Waals surface area contributed by atoms with Gasteiger partial charge in [0.1, 0.15) is 6.29 Å². The number of carbonyl (C=O) groups excluding carboxylic acids is 2. The van der Waals surface area contributed by atoms with Crippen LogP contribution in [0.15, 0.2) is 0 Å². The van der Waals surface area contributed by atoms with Crippen molar-refractivity contribution in [3.63, 3.8) is 0 Å². The highest BCUT2D eigenvalue weighted by Gasteiger charge is 2.18. The van der Waals surface area contributed by atoms with Crippen molar-refractivity contribution in [3.8, 4) is 0 Å². The molecular weight excluding hydrogens is 388 g/mol. The van der Waals surface area contributed by atoms with E-state index in [0.29, 0.717) is 39.0 Å². The van der Waals surface area contributed by atoms with Gasteiger partial charge in [-0.05, 0) is 19.4 Å². The fraction of sp³-hybridized carbons (Fsp3) is 0.833. The SMILES string of the molecule is N=C(N)NCCCNC(=O)CCN1CCN(CCC(=O)NCCCNC(N)N)CC1. The number of carbonyl (C=O) groups is 2. The van der Waals surface area contributed by atoms with Crippen LogP contribution in [-0.4, -0.2) is 99.3 Å². The second kappa shape index (κ2) is 15.8. The Balaban J connectivity index is 2.00. The van der Waals surface area contributed by atoms with Gasteiger partial charge in [-0.3, -0.25) is 20.3 Å². The summed E-state index contributed by atoms with van der Waals surface area (Å²) in [5, 5.41) is 18.4. The monoisotopic (exact) mass is 428 g/mol. The van der Waals surface area contributed by atoms with Crippen molar-refractivity contribution in [1.29, 1.82) is 5.41 Å². The van der Waals surface area contributed by atoms with Gasteiger partial charge in [0.15, 0.2) is 5.96 Å². The predicted octanol–water partition coefficient (Wildman–Crippen LogP) is -3.33. The molecule has 0 aromatic rings. The second-order valence-electron chi connectivity index (χ2n) is 7.41. The lowest BCUT2D eigenvalue weighted by Gasteiger charge is -2.34. The summed E-state index contributed by atoms with van der Waals surface area (Å²) in [6.45, 7) is 7.56. The van der Waals surface area contributed by atoms with E-state index in [0.717, 1.165) is 52.1 Å². The Hall–Kier alpha value is -1.99. The molecule has 30 heavy (non-hydrogen) atoms. The lowest BCUT2D eigenvalue weighted by atomic mass is 10.2. The molecule has 1 aliphatic heterocycles. The fourth-order valence-corrected chi connectivity index (χ4v) is 3.06. The third-order valence-electron chi connectivity index (χ3n) is 4.82. The third kappa shape index (κ3) is 14.1. The second-order valence-corrected chi connectivity index (χ2v) is 7.41. The largest absolute Gasteiger partial charge is 0.370 e. The minimum Gasteiger partial charge on any atom is -0.370 e. The van der Waals surface area contributed by atoms with Gasteiger partial charge in [-0.1, -0.05) is 0 Å². The molecule has 0 bridgehead atoms. The first kappa shape index (κ1) is 26.0. The Bertz CT molecular complexity index is 509. The highest BCUT2D eigenvalue weighted by molar-refractivity contribution is 5.76. The predicted molar refractivity (Wildman–Crippen MR) is 117 cm³/mol. The Morgan fingerprint density at radius 1 is 0.800 bits per heavy atom. The van der Waals surface area contributed by atoms with Crippen molar-refractivity contribution in [2.45, 2.75) is 32.0 Å². The van der Waals surface area contributed by atoms with E-state index in [-0.39, 0.29) is 17.8 Å². The topological polar surface area (TPSA) is 191 Å². The average Bonchev–Trinajstić information content (AvgIpc) is 2.70. The summed E-state index contributed by atoms with van der Waals surface area (Å²) < 4.78 is 0. The standard InChI is InChI=1S/C18H40N10O2/c19-17(20)25-7-1-5-23-15(29)3-9-27-11-13-28(14-12-27)10-4-16(30)24-6-2-8-26-18(21)22/h17,25H,1-14,19-20H2,(H,23,29)(H,24,30)(H4,21,22,26). The van der Waals surface area contributed by atoms with Crippen LogP contribution in [0.5, 0.6) is 0 Å². The highest BCUT2D eigenvalue weighted by Crippen LogP contribution is 2.03. The van der Waals surface area contributed by atoms with Crippen molar-refractivity contribution in [1.82, 2.24) is 31.1 Å². The summed E-state index contributed by atoms with van der Waals surface area (Å²) in [7, 11) is 0. The molecule has 0 spiro atoms. The van der Waals surface area contributed by atoms with Crippen molar-refractivity contribution in [2.75, 3.05) is 65.4 Å². The van der Waals surface area contributed by atoms with E-state index >= 15 is 0 Å². The smallest absolute Gasteiger partial charge is 0.221 e. The summed E-state index contributed by atoms with van der Waals surface area (Å²) in [6, 6.07) is 0. The van der Waals surface area contributed by atoms with Crippen molar-refractivity contribution in [2.24, 2.45) is 17.2 Å². The quantitative estimate of drug-likeness (QED) is 0.0570. The van der Waals surface area contributed by atoms with Crippen LogP contribution in [0.25, 0.3) is 0 Å². The molecule has 1 rings (SSSR count). The molecule has 0 aromatic carbocycles. The van der Waals surface area contributed by atoms with Crippen LogP contribution >= 0.6 is 0 Å². The first-order valence-corrected chi connectivity index (χ1v) is 10.7.